The second-order valence-corrected chi connectivity index (χ2v) is 5.38. The minimum Gasteiger partial charge on any atom is -0.390 e. The number of carbonyl (C=O) groups is 1. The number of hydrogen-bond donors (Lipinski definition) is 1. The minimum absolute atomic E-state index is 0.0411. The van der Waals surface area contributed by atoms with Crippen LogP contribution in [0.4, 0.5) is 0 Å². The van der Waals surface area contributed by atoms with Gasteiger partial charge >= 0.3 is 0 Å². The summed E-state index contributed by atoms with van der Waals surface area (Å²) < 4.78 is 1.76. The molecule has 1 aromatic rings. The summed E-state index contributed by atoms with van der Waals surface area (Å²) in [7, 11) is 0. The Balaban J connectivity index is 1.87. The monoisotopic (exact) mass is 280 g/mol. The van der Waals surface area contributed by atoms with E-state index in [1.165, 1.54) is 0 Å². The van der Waals surface area contributed by atoms with E-state index >= 15 is 0 Å². The molecule has 1 amide bonds. The second-order valence-electron chi connectivity index (χ2n) is 5.38. The summed E-state index contributed by atoms with van der Waals surface area (Å²) in [4.78, 5) is 20.2. The fourth-order valence-corrected chi connectivity index (χ4v) is 2.50. The summed E-state index contributed by atoms with van der Waals surface area (Å²) in [5.41, 5.74) is 0. The van der Waals surface area contributed by atoms with Crippen LogP contribution >= 0.6 is 0 Å². The van der Waals surface area contributed by atoms with Crippen LogP contribution in [-0.2, 0) is 11.3 Å². The van der Waals surface area contributed by atoms with Gasteiger partial charge in [0.25, 0.3) is 0 Å². The van der Waals surface area contributed by atoms with E-state index in [2.05, 4.69) is 16.8 Å². The maximum atomic E-state index is 12.2. The molecule has 1 aromatic heterocycles. The summed E-state index contributed by atoms with van der Waals surface area (Å²) in [6, 6.07) is 0. The van der Waals surface area contributed by atoms with Crippen molar-refractivity contribution in [2.45, 2.75) is 32.4 Å². The molecule has 20 heavy (non-hydrogen) atoms. The molecule has 1 saturated heterocycles. The lowest BCUT2D eigenvalue weighted by atomic mass is 10.3. The van der Waals surface area contributed by atoms with Crippen molar-refractivity contribution in [2.75, 3.05) is 32.7 Å². The highest BCUT2D eigenvalue weighted by Crippen LogP contribution is 2.06. The lowest BCUT2D eigenvalue weighted by Crippen LogP contribution is -2.39. The largest absolute Gasteiger partial charge is 0.390 e. The topological polar surface area (TPSA) is 61.6 Å². The standard InChI is InChI=1S/C14H24N4O2/c1-2-3-5-16-7-8-18(10-13(19)9-16)14(20)11-17-6-4-15-12-17/h4,6,12-13,19H,2-3,5,7-11H2,1H3/t13-/m0/s1. The Labute approximate surface area is 120 Å². The highest BCUT2D eigenvalue weighted by molar-refractivity contribution is 5.76. The van der Waals surface area contributed by atoms with Crippen molar-refractivity contribution in [1.29, 1.82) is 0 Å². The highest BCUT2D eigenvalue weighted by Gasteiger charge is 2.24. The predicted molar refractivity (Wildman–Crippen MR) is 76.2 cm³/mol. The van der Waals surface area contributed by atoms with Crippen molar-refractivity contribution < 1.29 is 9.90 Å². The predicted octanol–water partition coefficient (Wildman–Crippen LogP) is 0.188. The van der Waals surface area contributed by atoms with Crippen LogP contribution in [0.15, 0.2) is 18.7 Å². The SMILES string of the molecule is CCCCN1CCN(C(=O)Cn2ccnc2)C[C@@H](O)C1. The molecule has 1 aliphatic rings. The molecule has 0 aromatic carbocycles. The third kappa shape index (κ3) is 4.31. The third-order valence-electron chi connectivity index (χ3n) is 3.64. The Morgan fingerprint density at radius 3 is 2.95 bits per heavy atom. The molecule has 2 heterocycles. The van der Waals surface area contributed by atoms with Gasteiger partial charge in [0.15, 0.2) is 0 Å². The van der Waals surface area contributed by atoms with E-state index in [9.17, 15) is 9.90 Å². The maximum absolute atomic E-state index is 12.2. The Kier molecular flexibility index (Phi) is 5.55. The Hall–Kier alpha value is -1.40. The van der Waals surface area contributed by atoms with E-state index in [1.807, 2.05) is 0 Å². The number of nitrogens with zero attached hydrogens (tertiary/aromatic N) is 4. The number of rotatable bonds is 5. The fraction of sp³-hybridized carbons (Fsp3) is 0.714. The number of imidazole rings is 1. The number of unbranched alkanes of at least 4 members (excludes halogenated alkanes) is 1. The maximum Gasteiger partial charge on any atom is 0.242 e. The van der Waals surface area contributed by atoms with Crippen molar-refractivity contribution in [1.82, 2.24) is 19.4 Å². The van der Waals surface area contributed by atoms with Crippen LogP contribution in [0.2, 0.25) is 0 Å². The van der Waals surface area contributed by atoms with Crippen LogP contribution < -0.4 is 0 Å². The average molecular weight is 280 g/mol. The first-order valence-electron chi connectivity index (χ1n) is 7.33. The second kappa shape index (κ2) is 7.40. The molecule has 6 heteroatoms. The lowest BCUT2D eigenvalue weighted by Gasteiger charge is -2.22. The highest BCUT2D eigenvalue weighted by atomic mass is 16.3. The molecule has 1 fully saturated rings. The van der Waals surface area contributed by atoms with Gasteiger partial charge in [-0.05, 0) is 13.0 Å². The third-order valence-corrected chi connectivity index (χ3v) is 3.64. The van der Waals surface area contributed by atoms with Gasteiger partial charge in [-0.1, -0.05) is 13.3 Å². The molecular weight excluding hydrogens is 256 g/mol. The molecule has 0 unspecified atom stereocenters. The smallest absolute Gasteiger partial charge is 0.242 e. The van der Waals surface area contributed by atoms with Crippen molar-refractivity contribution in [3.05, 3.63) is 18.7 Å². The number of aliphatic hydroxyl groups is 1. The minimum atomic E-state index is -0.457. The number of hydrogen-bond acceptors (Lipinski definition) is 4. The van der Waals surface area contributed by atoms with Gasteiger partial charge in [-0.3, -0.25) is 9.69 Å². The number of aliphatic hydroxyl groups excluding tert-OH is 1. The zero-order valence-corrected chi connectivity index (χ0v) is 12.1. The van der Waals surface area contributed by atoms with Crippen LogP contribution in [0.5, 0.6) is 0 Å². The van der Waals surface area contributed by atoms with Gasteiger partial charge in [0.05, 0.1) is 12.4 Å². The molecule has 112 valence electrons. The molecule has 0 radical (unpaired) electrons. The first kappa shape index (κ1) is 15.0. The summed E-state index contributed by atoms with van der Waals surface area (Å²) in [6.45, 7) is 6.07. The molecule has 0 spiro atoms. The molecule has 0 saturated carbocycles. The molecule has 0 aliphatic carbocycles. The normalized spacial score (nSPS) is 20.9. The zero-order chi connectivity index (χ0) is 14.4. The van der Waals surface area contributed by atoms with Crippen molar-refractivity contribution >= 4 is 5.91 Å². The van der Waals surface area contributed by atoms with E-state index in [4.69, 9.17) is 0 Å². The summed E-state index contributed by atoms with van der Waals surface area (Å²) in [5, 5.41) is 10.0. The van der Waals surface area contributed by atoms with Gasteiger partial charge in [0.2, 0.25) is 5.91 Å². The summed E-state index contributed by atoms with van der Waals surface area (Å²) >= 11 is 0. The molecule has 2 rings (SSSR count). The Bertz CT molecular complexity index is 407. The van der Waals surface area contributed by atoms with Crippen LogP contribution in [0.1, 0.15) is 19.8 Å². The van der Waals surface area contributed by atoms with Gasteiger partial charge < -0.3 is 14.6 Å². The molecular formula is C14H24N4O2. The first-order chi connectivity index (χ1) is 9.69. The quantitative estimate of drug-likeness (QED) is 0.836. The Morgan fingerprint density at radius 1 is 1.40 bits per heavy atom. The molecule has 1 N–H and O–H groups in total. The van der Waals surface area contributed by atoms with Crippen molar-refractivity contribution in [3.8, 4) is 0 Å². The van der Waals surface area contributed by atoms with E-state index in [-0.39, 0.29) is 5.91 Å². The van der Waals surface area contributed by atoms with E-state index in [0.29, 0.717) is 26.2 Å². The number of carbonyl (C=O) groups excluding carboxylic acids is 1. The molecule has 0 bridgehead atoms. The van der Waals surface area contributed by atoms with Gasteiger partial charge in [-0.2, -0.15) is 0 Å². The van der Waals surface area contributed by atoms with Crippen LogP contribution in [0, 0.1) is 0 Å². The molecule has 1 aliphatic heterocycles. The van der Waals surface area contributed by atoms with Gasteiger partial charge in [0.1, 0.15) is 6.54 Å². The van der Waals surface area contributed by atoms with Crippen LogP contribution in [-0.4, -0.2) is 69.2 Å². The zero-order valence-electron chi connectivity index (χ0n) is 12.1. The lowest BCUT2D eigenvalue weighted by molar-refractivity contribution is -0.132. The van der Waals surface area contributed by atoms with Gasteiger partial charge in [0, 0.05) is 38.6 Å². The van der Waals surface area contributed by atoms with Crippen LogP contribution in [0.25, 0.3) is 0 Å². The van der Waals surface area contributed by atoms with E-state index in [1.54, 1.807) is 28.2 Å². The van der Waals surface area contributed by atoms with E-state index < -0.39 is 6.10 Å². The Morgan fingerprint density at radius 2 is 2.25 bits per heavy atom. The van der Waals surface area contributed by atoms with Crippen molar-refractivity contribution in [2.24, 2.45) is 0 Å². The number of aromatic nitrogens is 2. The fourth-order valence-electron chi connectivity index (χ4n) is 2.50. The van der Waals surface area contributed by atoms with Gasteiger partial charge in [-0.25, -0.2) is 4.98 Å². The summed E-state index contributed by atoms with van der Waals surface area (Å²) in [5.74, 6) is 0.0411. The summed E-state index contributed by atoms with van der Waals surface area (Å²) in [6.07, 6.45) is 6.91. The van der Waals surface area contributed by atoms with E-state index in [0.717, 1.165) is 25.9 Å². The molecule has 1 atom stereocenters. The molecule has 6 nitrogen and oxygen atoms in total. The number of amides is 1. The van der Waals surface area contributed by atoms with Gasteiger partial charge in [-0.15, -0.1) is 0 Å². The average Bonchev–Trinajstić information content (AvgIpc) is 2.85. The van der Waals surface area contributed by atoms with Crippen LogP contribution in [0.3, 0.4) is 0 Å². The van der Waals surface area contributed by atoms with Crippen molar-refractivity contribution in [3.63, 3.8) is 0 Å². The number of β-amino-alcohol motifs (C(OH)–C–C–N with tert-alkyl or cyclic N) is 1. The first-order valence-corrected chi connectivity index (χ1v) is 7.33.